The van der Waals surface area contributed by atoms with Crippen molar-refractivity contribution in [2.75, 3.05) is 5.32 Å². The number of amides is 1. The normalized spacial score (nSPS) is 10.4. The van der Waals surface area contributed by atoms with Crippen LogP contribution in [0.25, 0.3) is 0 Å². The topological polar surface area (TPSA) is 64.4 Å². The molecule has 3 rings (SSSR count). The zero-order valence-electron chi connectivity index (χ0n) is 13.0. The number of anilines is 1. The van der Waals surface area contributed by atoms with Crippen molar-refractivity contribution in [3.05, 3.63) is 76.3 Å². The minimum atomic E-state index is -0.342. The molecule has 0 spiro atoms. The van der Waals surface area contributed by atoms with E-state index in [9.17, 15) is 4.79 Å². The molecule has 0 fully saturated rings. The van der Waals surface area contributed by atoms with E-state index in [1.807, 2.05) is 43.3 Å². The average Bonchev–Trinajstić information content (AvgIpc) is 3.04. The molecule has 0 saturated carbocycles. The van der Waals surface area contributed by atoms with Crippen LogP contribution in [0.5, 0.6) is 5.75 Å². The second-order valence-electron chi connectivity index (χ2n) is 5.14. The molecule has 6 heteroatoms. The third kappa shape index (κ3) is 4.02. The number of ether oxygens (including phenoxy) is 1. The van der Waals surface area contributed by atoms with Gasteiger partial charge in [0.25, 0.3) is 5.91 Å². The molecule has 2 aromatic heterocycles. The number of pyridine rings is 1. The van der Waals surface area contributed by atoms with Crippen molar-refractivity contribution in [2.45, 2.75) is 13.5 Å². The molecule has 0 unspecified atom stereocenters. The molecule has 3 aromatic rings. The Bertz CT molecular complexity index is 861. The number of aryl methyl sites for hydroxylation is 1. The van der Waals surface area contributed by atoms with E-state index in [2.05, 4.69) is 26.2 Å². The van der Waals surface area contributed by atoms with Gasteiger partial charge in [-0.25, -0.2) is 4.98 Å². The fourth-order valence-corrected chi connectivity index (χ4v) is 2.45. The van der Waals surface area contributed by atoms with Crippen LogP contribution < -0.4 is 10.1 Å². The molecule has 5 nitrogen and oxygen atoms in total. The van der Waals surface area contributed by atoms with Crippen LogP contribution in [0.2, 0.25) is 0 Å². The number of benzene rings is 1. The van der Waals surface area contributed by atoms with Gasteiger partial charge >= 0.3 is 0 Å². The Morgan fingerprint density at radius 1 is 1.25 bits per heavy atom. The summed E-state index contributed by atoms with van der Waals surface area (Å²) in [5, 5.41) is 2.73. The summed E-state index contributed by atoms with van der Waals surface area (Å²) in [6, 6.07) is 14.5. The average molecular weight is 387 g/mol. The summed E-state index contributed by atoms with van der Waals surface area (Å²) >= 11 is 3.39. The number of halogens is 1. The van der Waals surface area contributed by atoms with Crippen LogP contribution in [0.1, 0.15) is 21.9 Å². The minimum absolute atomic E-state index is 0.216. The monoisotopic (exact) mass is 386 g/mol. The number of carbonyl (C=O) groups excluding carboxylic acids is 1. The van der Waals surface area contributed by atoms with Gasteiger partial charge in [-0.2, -0.15) is 0 Å². The fraction of sp³-hybridized carbons (Fsp3) is 0.111. The maximum atomic E-state index is 12.2. The van der Waals surface area contributed by atoms with Gasteiger partial charge in [-0.05, 0) is 48.9 Å². The standard InChI is InChI=1S/C18H15BrN2O3/c1-12-4-3-9-20-17(12)21-18(22)16-8-7-15(24-16)11-23-14-6-2-5-13(19)10-14/h2-10H,11H2,1H3,(H,20,21,22). The van der Waals surface area contributed by atoms with Gasteiger partial charge in [-0.3, -0.25) is 4.79 Å². The van der Waals surface area contributed by atoms with E-state index in [0.29, 0.717) is 11.6 Å². The van der Waals surface area contributed by atoms with Crippen LogP contribution in [0, 0.1) is 6.92 Å². The van der Waals surface area contributed by atoms with Crippen molar-refractivity contribution in [3.63, 3.8) is 0 Å². The van der Waals surface area contributed by atoms with Crippen molar-refractivity contribution in [1.82, 2.24) is 4.98 Å². The number of nitrogens with one attached hydrogen (secondary N) is 1. The maximum absolute atomic E-state index is 12.2. The summed E-state index contributed by atoms with van der Waals surface area (Å²) in [7, 11) is 0. The quantitative estimate of drug-likeness (QED) is 0.696. The molecule has 1 amide bonds. The van der Waals surface area contributed by atoms with E-state index in [1.165, 1.54) is 0 Å². The lowest BCUT2D eigenvalue weighted by atomic mass is 10.3. The Labute approximate surface area is 147 Å². The molecule has 0 bridgehead atoms. The highest BCUT2D eigenvalue weighted by Crippen LogP contribution is 2.20. The van der Waals surface area contributed by atoms with Crippen molar-refractivity contribution in [1.29, 1.82) is 0 Å². The first-order valence-corrected chi connectivity index (χ1v) is 8.11. The van der Waals surface area contributed by atoms with Gasteiger partial charge in [-0.1, -0.05) is 28.1 Å². The molecular weight excluding hydrogens is 372 g/mol. The maximum Gasteiger partial charge on any atom is 0.292 e. The summed E-state index contributed by atoms with van der Waals surface area (Å²) < 4.78 is 12.1. The molecule has 0 saturated heterocycles. The van der Waals surface area contributed by atoms with E-state index in [4.69, 9.17) is 9.15 Å². The molecule has 24 heavy (non-hydrogen) atoms. The summed E-state index contributed by atoms with van der Waals surface area (Å²) in [5.74, 6) is 1.68. The number of carbonyl (C=O) groups is 1. The van der Waals surface area contributed by atoms with E-state index in [1.54, 1.807) is 18.3 Å². The van der Waals surface area contributed by atoms with Crippen LogP contribution in [0.15, 0.2) is 63.6 Å². The third-order valence-electron chi connectivity index (χ3n) is 3.30. The first-order valence-electron chi connectivity index (χ1n) is 7.32. The highest BCUT2D eigenvalue weighted by Gasteiger charge is 2.13. The SMILES string of the molecule is Cc1cccnc1NC(=O)c1ccc(COc2cccc(Br)c2)o1. The lowest BCUT2D eigenvalue weighted by molar-refractivity contribution is 0.0992. The highest BCUT2D eigenvalue weighted by molar-refractivity contribution is 9.10. The summed E-state index contributed by atoms with van der Waals surface area (Å²) in [5.41, 5.74) is 0.885. The van der Waals surface area contributed by atoms with Gasteiger partial charge < -0.3 is 14.5 Å². The largest absolute Gasteiger partial charge is 0.486 e. The van der Waals surface area contributed by atoms with Crippen molar-refractivity contribution in [2.24, 2.45) is 0 Å². The highest BCUT2D eigenvalue weighted by atomic mass is 79.9. The molecule has 0 radical (unpaired) electrons. The van der Waals surface area contributed by atoms with Crippen molar-refractivity contribution in [3.8, 4) is 5.75 Å². The molecule has 0 aliphatic rings. The van der Waals surface area contributed by atoms with Crippen LogP contribution in [-0.2, 0) is 6.61 Å². The van der Waals surface area contributed by atoms with Gasteiger partial charge in [0.15, 0.2) is 5.76 Å². The Kier molecular flexibility index (Phi) is 4.96. The second kappa shape index (κ2) is 7.31. The van der Waals surface area contributed by atoms with E-state index in [-0.39, 0.29) is 18.3 Å². The zero-order chi connectivity index (χ0) is 16.9. The van der Waals surface area contributed by atoms with Crippen LogP contribution >= 0.6 is 15.9 Å². The lowest BCUT2D eigenvalue weighted by Crippen LogP contribution is -2.13. The predicted octanol–water partition coefficient (Wildman–Crippen LogP) is 4.58. The molecule has 0 atom stereocenters. The van der Waals surface area contributed by atoms with Gasteiger partial charge in [-0.15, -0.1) is 0 Å². The molecule has 1 aromatic carbocycles. The number of hydrogen-bond donors (Lipinski definition) is 1. The van der Waals surface area contributed by atoms with Crippen LogP contribution in [0.3, 0.4) is 0 Å². The number of hydrogen-bond acceptors (Lipinski definition) is 4. The number of furan rings is 1. The summed E-state index contributed by atoms with van der Waals surface area (Å²) in [6.45, 7) is 2.12. The van der Waals surface area contributed by atoms with Gasteiger partial charge in [0, 0.05) is 10.7 Å². The van der Waals surface area contributed by atoms with Gasteiger partial charge in [0.05, 0.1) is 0 Å². The Hall–Kier alpha value is -2.60. The Morgan fingerprint density at radius 2 is 2.12 bits per heavy atom. The summed E-state index contributed by atoms with van der Waals surface area (Å²) in [6.07, 6.45) is 1.63. The van der Waals surface area contributed by atoms with E-state index < -0.39 is 0 Å². The smallest absolute Gasteiger partial charge is 0.292 e. The lowest BCUT2D eigenvalue weighted by Gasteiger charge is -2.05. The number of nitrogens with zero attached hydrogens (tertiary/aromatic N) is 1. The van der Waals surface area contributed by atoms with Gasteiger partial charge in [0.2, 0.25) is 0 Å². The van der Waals surface area contributed by atoms with Gasteiger partial charge in [0.1, 0.15) is 23.9 Å². The minimum Gasteiger partial charge on any atom is -0.486 e. The van der Waals surface area contributed by atoms with E-state index in [0.717, 1.165) is 15.8 Å². The fourth-order valence-electron chi connectivity index (χ4n) is 2.07. The second-order valence-corrected chi connectivity index (χ2v) is 6.05. The number of aromatic nitrogens is 1. The first kappa shape index (κ1) is 16.3. The van der Waals surface area contributed by atoms with Crippen molar-refractivity contribution >= 4 is 27.7 Å². The zero-order valence-corrected chi connectivity index (χ0v) is 14.5. The number of rotatable bonds is 5. The summed E-state index contributed by atoms with van der Waals surface area (Å²) in [4.78, 5) is 16.3. The van der Waals surface area contributed by atoms with Crippen molar-refractivity contribution < 1.29 is 13.9 Å². The molecule has 0 aliphatic heterocycles. The first-order chi connectivity index (χ1) is 11.6. The third-order valence-corrected chi connectivity index (χ3v) is 3.80. The molecular formula is C18H15BrN2O3. The van der Waals surface area contributed by atoms with Crippen LogP contribution in [-0.4, -0.2) is 10.9 Å². The molecule has 122 valence electrons. The Balaban J connectivity index is 1.62. The van der Waals surface area contributed by atoms with E-state index >= 15 is 0 Å². The molecule has 1 N–H and O–H groups in total. The predicted molar refractivity (Wildman–Crippen MR) is 94.1 cm³/mol. The molecule has 2 heterocycles. The Morgan fingerprint density at radius 3 is 2.92 bits per heavy atom. The molecule has 0 aliphatic carbocycles. The van der Waals surface area contributed by atoms with Crippen LogP contribution in [0.4, 0.5) is 5.82 Å².